The van der Waals surface area contributed by atoms with Crippen molar-refractivity contribution >= 4 is 28.3 Å². The van der Waals surface area contributed by atoms with Crippen LogP contribution in [0.3, 0.4) is 0 Å². The van der Waals surface area contributed by atoms with Gasteiger partial charge in [-0.05, 0) is 30.2 Å². The monoisotopic (exact) mass is 224 g/mol. The van der Waals surface area contributed by atoms with Crippen LogP contribution >= 0.6 is 15.9 Å². The maximum absolute atomic E-state index is 10.3. The first kappa shape index (κ1) is 9.20. The number of benzene rings is 1. The number of carbonyl (C=O) groups excluding carboxylic acids is 1. The van der Waals surface area contributed by atoms with Crippen LogP contribution in [0.25, 0.3) is 6.08 Å². The quantitative estimate of drug-likeness (QED) is 0.558. The molecule has 0 amide bonds. The van der Waals surface area contributed by atoms with E-state index in [-0.39, 0.29) is 0 Å². The van der Waals surface area contributed by atoms with Crippen LogP contribution in [0.1, 0.15) is 12.5 Å². The Morgan fingerprint density at radius 1 is 1.42 bits per heavy atom. The number of hydrogen-bond donors (Lipinski definition) is 0. The summed E-state index contributed by atoms with van der Waals surface area (Å²) >= 11 is 3.39. The zero-order valence-electron chi connectivity index (χ0n) is 6.75. The maximum atomic E-state index is 10.3. The van der Waals surface area contributed by atoms with Gasteiger partial charge in [0.2, 0.25) is 0 Å². The van der Waals surface area contributed by atoms with E-state index in [1.54, 1.807) is 6.92 Å². The SMILES string of the molecule is C/C(C=O)=C/c1ccccc1Br. The van der Waals surface area contributed by atoms with Crippen molar-refractivity contribution in [3.05, 3.63) is 39.9 Å². The molecule has 0 atom stereocenters. The fraction of sp³-hybridized carbons (Fsp3) is 0.100. The number of carbonyl (C=O) groups is 1. The van der Waals surface area contributed by atoms with Crippen molar-refractivity contribution in [3.63, 3.8) is 0 Å². The van der Waals surface area contributed by atoms with Gasteiger partial charge in [0.25, 0.3) is 0 Å². The van der Waals surface area contributed by atoms with Gasteiger partial charge in [0.15, 0.2) is 0 Å². The van der Waals surface area contributed by atoms with Gasteiger partial charge in [0, 0.05) is 4.47 Å². The lowest BCUT2D eigenvalue weighted by atomic mass is 10.1. The van der Waals surface area contributed by atoms with E-state index in [0.29, 0.717) is 0 Å². The summed E-state index contributed by atoms with van der Waals surface area (Å²) in [5.74, 6) is 0. The summed E-state index contributed by atoms with van der Waals surface area (Å²) in [4.78, 5) is 10.3. The maximum Gasteiger partial charge on any atom is 0.145 e. The molecule has 0 aliphatic rings. The van der Waals surface area contributed by atoms with Crippen LogP contribution in [0, 0.1) is 0 Å². The number of allylic oxidation sites excluding steroid dienone is 1. The highest BCUT2D eigenvalue weighted by molar-refractivity contribution is 9.10. The molecule has 0 bridgehead atoms. The van der Waals surface area contributed by atoms with Crippen molar-refractivity contribution in [1.82, 2.24) is 0 Å². The molecular weight excluding hydrogens is 216 g/mol. The Labute approximate surface area is 80.2 Å². The van der Waals surface area contributed by atoms with E-state index in [4.69, 9.17) is 0 Å². The highest BCUT2D eigenvalue weighted by Gasteiger charge is 1.93. The summed E-state index contributed by atoms with van der Waals surface area (Å²) < 4.78 is 1.01. The van der Waals surface area contributed by atoms with Crippen LogP contribution in [0.2, 0.25) is 0 Å². The Hall–Kier alpha value is -0.890. The highest BCUT2D eigenvalue weighted by Crippen LogP contribution is 2.18. The molecule has 0 radical (unpaired) electrons. The van der Waals surface area contributed by atoms with E-state index in [9.17, 15) is 4.79 Å². The molecular formula is C10H9BrO. The lowest BCUT2D eigenvalue weighted by Crippen LogP contribution is -1.78. The van der Waals surface area contributed by atoms with Gasteiger partial charge in [-0.1, -0.05) is 34.1 Å². The zero-order chi connectivity index (χ0) is 8.97. The molecule has 0 fully saturated rings. The normalized spacial score (nSPS) is 11.3. The van der Waals surface area contributed by atoms with Crippen LogP contribution in [-0.4, -0.2) is 6.29 Å². The summed E-state index contributed by atoms with van der Waals surface area (Å²) in [7, 11) is 0. The molecule has 0 saturated heterocycles. The zero-order valence-corrected chi connectivity index (χ0v) is 8.34. The fourth-order valence-electron chi connectivity index (χ4n) is 0.871. The van der Waals surface area contributed by atoms with Crippen molar-refractivity contribution in [1.29, 1.82) is 0 Å². The molecule has 0 aliphatic heterocycles. The molecule has 2 heteroatoms. The Bertz CT molecular complexity index is 315. The van der Waals surface area contributed by atoms with Gasteiger partial charge < -0.3 is 0 Å². The van der Waals surface area contributed by atoms with Gasteiger partial charge in [-0.3, -0.25) is 4.79 Å². The van der Waals surface area contributed by atoms with Crippen LogP contribution < -0.4 is 0 Å². The van der Waals surface area contributed by atoms with E-state index in [1.807, 2.05) is 30.3 Å². The summed E-state index contributed by atoms with van der Waals surface area (Å²) in [5.41, 5.74) is 1.75. The van der Waals surface area contributed by atoms with Crippen molar-refractivity contribution < 1.29 is 4.79 Å². The number of halogens is 1. The van der Waals surface area contributed by atoms with Crippen molar-refractivity contribution in [3.8, 4) is 0 Å². The molecule has 1 aromatic rings. The second kappa shape index (κ2) is 4.21. The second-order valence-electron chi connectivity index (χ2n) is 2.53. The van der Waals surface area contributed by atoms with Crippen molar-refractivity contribution in [2.45, 2.75) is 6.92 Å². The first-order valence-electron chi connectivity index (χ1n) is 3.62. The van der Waals surface area contributed by atoms with Crippen molar-refractivity contribution in [2.75, 3.05) is 0 Å². The Kier molecular flexibility index (Phi) is 3.23. The first-order chi connectivity index (χ1) is 5.74. The van der Waals surface area contributed by atoms with Crippen LogP contribution in [0.4, 0.5) is 0 Å². The first-order valence-corrected chi connectivity index (χ1v) is 4.41. The van der Waals surface area contributed by atoms with Crippen LogP contribution in [-0.2, 0) is 4.79 Å². The predicted octanol–water partition coefficient (Wildman–Crippen LogP) is 3.05. The molecule has 0 heterocycles. The molecule has 0 N–H and O–H groups in total. The molecule has 0 unspecified atom stereocenters. The smallest absolute Gasteiger partial charge is 0.145 e. The van der Waals surface area contributed by atoms with E-state index in [1.165, 1.54) is 0 Å². The second-order valence-corrected chi connectivity index (χ2v) is 3.38. The average molecular weight is 225 g/mol. The van der Waals surface area contributed by atoms with Gasteiger partial charge in [-0.15, -0.1) is 0 Å². The predicted molar refractivity (Wildman–Crippen MR) is 53.9 cm³/mol. The summed E-state index contributed by atoms with van der Waals surface area (Å²) in [6, 6.07) is 7.79. The highest BCUT2D eigenvalue weighted by atomic mass is 79.9. The molecule has 12 heavy (non-hydrogen) atoms. The fourth-order valence-corrected chi connectivity index (χ4v) is 1.27. The Balaban J connectivity index is 3.04. The summed E-state index contributed by atoms with van der Waals surface area (Å²) in [6.07, 6.45) is 2.69. The van der Waals surface area contributed by atoms with Gasteiger partial charge in [0.1, 0.15) is 6.29 Å². The largest absolute Gasteiger partial charge is 0.298 e. The molecule has 0 spiro atoms. The van der Waals surface area contributed by atoms with Gasteiger partial charge in [-0.2, -0.15) is 0 Å². The van der Waals surface area contributed by atoms with Crippen LogP contribution in [0.15, 0.2) is 34.3 Å². The minimum absolute atomic E-state index is 0.724. The third kappa shape index (κ3) is 2.31. The lowest BCUT2D eigenvalue weighted by Gasteiger charge is -1.96. The molecule has 62 valence electrons. The number of aldehydes is 1. The van der Waals surface area contributed by atoms with Gasteiger partial charge in [0.05, 0.1) is 0 Å². The minimum Gasteiger partial charge on any atom is -0.298 e. The number of rotatable bonds is 2. The van der Waals surface area contributed by atoms with Gasteiger partial charge in [-0.25, -0.2) is 0 Å². The topological polar surface area (TPSA) is 17.1 Å². The minimum atomic E-state index is 0.724. The van der Waals surface area contributed by atoms with E-state index in [2.05, 4.69) is 15.9 Å². The van der Waals surface area contributed by atoms with E-state index >= 15 is 0 Å². The molecule has 1 rings (SSSR count). The third-order valence-corrected chi connectivity index (χ3v) is 2.20. The summed E-state index contributed by atoms with van der Waals surface area (Å²) in [5, 5.41) is 0. The molecule has 0 aliphatic carbocycles. The number of hydrogen-bond acceptors (Lipinski definition) is 1. The average Bonchev–Trinajstić information content (AvgIpc) is 2.09. The molecule has 1 nitrogen and oxygen atoms in total. The van der Waals surface area contributed by atoms with Gasteiger partial charge >= 0.3 is 0 Å². The van der Waals surface area contributed by atoms with Crippen molar-refractivity contribution in [2.24, 2.45) is 0 Å². The van der Waals surface area contributed by atoms with E-state index < -0.39 is 0 Å². The lowest BCUT2D eigenvalue weighted by molar-refractivity contribution is -0.104. The van der Waals surface area contributed by atoms with Crippen LogP contribution in [0.5, 0.6) is 0 Å². The van der Waals surface area contributed by atoms with E-state index in [0.717, 1.165) is 21.9 Å². The summed E-state index contributed by atoms with van der Waals surface area (Å²) in [6.45, 7) is 1.78. The third-order valence-electron chi connectivity index (χ3n) is 1.47. The Morgan fingerprint density at radius 2 is 2.08 bits per heavy atom. The molecule has 0 aromatic heterocycles. The Morgan fingerprint density at radius 3 is 2.67 bits per heavy atom. The molecule has 1 aromatic carbocycles. The molecule has 0 saturated carbocycles. The standard InChI is InChI=1S/C10H9BrO/c1-8(7-12)6-9-4-2-3-5-10(9)11/h2-7H,1H3/b8-6-.